The Bertz CT molecular complexity index is 1370. The first-order valence-electron chi connectivity index (χ1n) is 9.64. The molecule has 11 nitrogen and oxygen atoms in total. The number of anilines is 1. The standard InChI is InChI=1S/C22H13FN4O7/c23-14-2-1-3-16(10-14)24(20(28)13-4-6-15(7-5-13)26(31)32)12-25-21(29)18-9-8-17(27(33)34)11-19(18)22(25)30/h1-11H,12H2. The molecule has 0 unspecified atom stereocenters. The molecule has 0 aliphatic carbocycles. The van der Waals surface area contributed by atoms with Crippen LogP contribution in [0.4, 0.5) is 21.5 Å². The van der Waals surface area contributed by atoms with E-state index in [0.717, 1.165) is 47.4 Å². The smallest absolute Gasteiger partial charge is 0.270 e. The predicted molar refractivity (Wildman–Crippen MR) is 115 cm³/mol. The quantitative estimate of drug-likeness (QED) is 0.308. The number of carbonyl (C=O) groups is 3. The van der Waals surface area contributed by atoms with Crippen LogP contribution < -0.4 is 4.90 Å². The van der Waals surface area contributed by atoms with Gasteiger partial charge >= 0.3 is 0 Å². The largest absolute Gasteiger partial charge is 0.289 e. The first kappa shape index (κ1) is 22.2. The normalized spacial score (nSPS) is 12.4. The van der Waals surface area contributed by atoms with Gasteiger partial charge in [0, 0.05) is 35.5 Å². The Morgan fingerprint density at radius 1 is 0.853 bits per heavy atom. The van der Waals surface area contributed by atoms with E-state index in [4.69, 9.17) is 0 Å². The SMILES string of the molecule is O=C1c2ccc([N+](=O)[O-])cc2C(=O)N1CN(C(=O)c1ccc([N+](=O)[O-])cc1)c1cccc(F)c1. The Balaban J connectivity index is 1.71. The van der Waals surface area contributed by atoms with Crippen molar-refractivity contribution >= 4 is 34.8 Å². The van der Waals surface area contributed by atoms with Crippen LogP contribution in [0.15, 0.2) is 66.7 Å². The number of hydrogen-bond donors (Lipinski definition) is 0. The Labute approximate surface area is 189 Å². The summed E-state index contributed by atoms with van der Waals surface area (Å²) in [7, 11) is 0. The van der Waals surface area contributed by atoms with Gasteiger partial charge in [0.1, 0.15) is 12.5 Å². The highest BCUT2D eigenvalue weighted by molar-refractivity contribution is 6.22. The van der Waals surface area contributed by atoms with Crippen molar-refractivity contribution in [2.45, 2.75) is 0 Å². The summed E-state index contributed by atoms with van der Waals surface area (Å²) in [4.78, 5) is 61.2. The topological polar surface area (TPSA) is 144 Å². The molecule has 1 aliphatic heterocycles. The summed E-state index contributed by atoms with van der Waals surface area (Å²) in [5.74, 6) is -3.09. The minimum absolute atomic E-state index is 0.0119. The number of hydrogen-bond acceptors (Lipinski definition) is 7. The molecular weight excluding hydrogens is 451 g/mol. The lowest BCUT2D eigenvalue weighted by atomic mass is 10.1. The molecule has 34 heavy (non-hydrogen) atoms. The van der Waals surface area contributed by atoms with Gasteiger partial charge in [0.05, 0.1) is 21.0 Å². The van der Waals surface area contributed by atoms with Gasteiger partial charge in [-0.25, -0.2) is 4.39 Å². The van der Waals surface area contributed by atoms with Crippen molar-refractivity contribution in [3.05, 3.63) is 109 Å². The highest BCUT2D eigenvalue weighted by Crippen LogP contribution is 2.29. The number of nitro groups is 2. The lowest BCUT2D eigenvalue weighted by Gasteiger charge is -2.27. The van der Waals surface area contributed by atoms with Crippen molar-refractivity contribution in [2.75, 3.05) is 11.6 Å². The lowest BCUT2D eigenvalue weighted by Crippen LogP contribution is -2.44. The molecule has 0 fully saturated rings. The number of non-ortho nitro benzene ring substituents is 2. The maximum atomic E-state index is 13.9. The van der Waals surface area contributed by atoms with E-state index < -0.39 is 40.1 Å². The van der Waals surface area contributed by atoms with Gasteiger partial charge in [-0.3, -0.25) is 44.4 Å². The highest BCUT2D eigenvalue weighted by Gasteiger charge is 2.39. The first-order valence-corrected chi connectivity index (χ1v) is 9.64. The number of nitro benzene ring substituents is 2. The summed E-state index contributed by atoms with van der Waals surface area (Å²) < 4.78 is 13.9. The fourth-order valence-electron chi connectivity index (χ4n) is 3.45. The summed E-state index contributed by atoms with van der Waals surface area (Å²) in [6.45, 7) is -0.626. The molecular formula is C22H13FN4O7. The number of imide groups is 1. The summed E-state index contributed by atoms with van der Waals surface area (Å²) in [5.41, 5.74) is -0.895. The number of halogens is 1. The van der Waals surface area contributed by atoms with Crippen LogP contribution >= 0.6 is 0 Å². The van der Waals surface area contributed by atoms with E-state index >= 15 is 0 Å². The second kappa shape index (κ2) is 8.50. The summed E-state index contributed by atoms with van der Waals surface area (Å²) in [6.07, 6.45) is 0. The zero-order chi connectivity index (χ0) is 24.6. The maximum absolute atomic E-state index is 13.9. The monoisotopic (exact) mass is 464 g/mol. The number of amides is 3. The fourth-order valence-corrected chi connectivity index (χ4v) is 3.45. The van der Waals surface area contributed by atoms with Crippen LogP contribution in [-0.4, -0.2) is 39.1 Å². The molecule has 0 spiro atoms. The summed E-state index contributed by atoms with van der Waals surface area (Å²) in [6, 6.07) is 12.7. The van der Waals surface area contributed by atoms with Gasteiger partial charge in [-0.15, -0.1) is 0 Å². The van der Waals surface area contributed by atoms with Crippen molar-refractivity contribution in [2.24, 2.45) is 0 Å². The van der Waals surface area contributed by atoms with E-state index in [1.165, 1.54) is 24.3 Å². The third kappa shape index (κ3) is 3.95. The molecule has 0 N–H and O–H groups in total. The van der Waals surface area contributed by atoms with E-state index in [9.17, 15) is 39.0 Å². The third-order valence-corrected chi connectivity index (χ3v) is 5.14. The third-order valence-electron chi connectivity index (χ3n) is 5.14. The van der Waals surface area contributed by atoms with Gasteiger partial charge in [0.25, 0.3) is 29.1 Å². The maximum Gasteiger partial charge on any atom is 0.270 e. The van der Waals surface area contributed by atoms with Crippen LogP contribution in [0.3, 0.4) is 0 Å². The lowest BCUT2D eigenvalue weighted by molar-refractivity contribution is -0.385. The minimum Gasteiger partial charge on any atom is -0.289 e. The number of benzene rings is 3. The molecule has 3 aromatic carbocycles. The summed E-state index contributed by atoms with van der Waals surface area (Å²) in [5, 5.41) is 21.9. The van der Waals surface area contributed by atoms with Crippen LogP contribution in [-0.2, 0) is 0 Å². The number of nitrogens with zero attached hydrogens (tertiary/aromatic N) is 4. The number of carbonyl (C=O) groups excluding carboxylic acids is 3. The van der Waals surface area contributed by atoms with Gasteiger partial charge in [-0.1, -0.05) is 6.07 Å². The fraction of sp³-hybridized carbons (Fsp3) is 0.0455. The van der Waals surface area contributed by atoms with Gasteiger partial charge in [-0.05, 0) is 36.4 Å². The minimum atomic E-state index is -0.860. The zero-order valence-corrected chi connectivity index (χ0v) is 17.1. The van der Waals surface area contributed by atoms with Crippen LogP contribution in [0.5, 0.6) is 0 Å². The van der Waals surface area contributed by atoms with Crippen LogP contribution in [0, 0.1) is 26.0 Å². The molecule has 0 saturated carbocycles. The molecule has 1 heterocycles. The molecule has 3 amide bonds. The molecule has 12 heteroatoms. The van der Waals surface area contributed by atoms with E-state index in [2.05, 4.69) is 0 Å². The van der Waals surface area contributed by atoms with Gasteiger partial charge in [-0.2, -0.15) is 0 Å². The van der Waals surface area contributed by atoms with Crippen molar-refractivity contribution < 1.29 is 28.6 Å². The molecule has 4 rings (SSSR count). The van der Waals surface area contributed by atoms with Gasteiger partial charge in [0.15, 0.2) is 0 Å². The average Bonchev–Trinajstić information content (AvgIpc) is 3.06. The Hall–Kier alpha value is -5.00. The van der Waals surface area contributed by atoms with Gasteiger partial charge in [0.2, 0.25) is 0 Å². The van der Waals surface area contributed by atoms with Crippen molar-refractivity contribution in [1.29, 1.82) is 0 Å². The molecule has 3 aromatic rings. The van der Waals surface area contributed by atoms with Crippen LogP contribution in [0.25, 0.3) is 0 Å². The number of fused-ring (bicyclic) bond motifs is 1. The highest BCUT2D eigenvalue weighted by atomic mass is 19.1. The molecule has 0 saturated heterocycles. The number of rotatable bonds is 6. The molecule has 1 aliphatic rings. The molecule has 0 atom stereocenters. The Morgan fingerprint density at radius 3 is 2.09 bits per heavy atom. The summed E-state index contributed by atoms with van der Waals surface area (Å²) >= 11 is 0. The van der Waals surface area contributed by atoms with E-state index in [1.807, 2.05) is 0 Å². The average molecular weight is 464 g/mol. The van der Waals surface area contributed by atoms with E-state index in [0.29, 0.717) is 4.90 Å². The molecule has 0 bridgehead atoms. The molecule has 170 valence electrons. The molecule has 0 radical (unpaired) electrons. The van der Waals surface area contributed by atoms with Gasteiger partial charge < -0.3 is 0 Å². The second-order valence-corrected chi connectivity index (χ2v) is 7.18. The zero-order valence-electron chi connectivity index (χ0n) is 17.1. The Kier molecular flexibility index (Phi) is 5.55. The van der Waals surface area contributed by atoms with E-state index in [-0.39, 0.29) is 33.8 Å². The molecule has 0 aromatic heterocycles. The second-order valence-electron chi connectivity index (χ2n) is 7.18. The predicted octanol–water partition coefficient (Wildman–Crippen LogP) is 3.54. The van der Waals surface area contributed by atoms with Crippen molar-refractivity contribution in [1.82, 2.24) is 4.90 Å². The van der Waals surface area contributed by atoms with Crippen molar-refractivity contribution in [3.8, 4) is 0 Å². The Morgan fingerprint density at radius 2 is 1.47 bits per heavy atom. The van der Waals surface area contributed by atoms with E-state index in [1.54, 1.807) is 0 Å². The van der Waals surface area contributed by atoms with Crippen LogP contribution in [0.2, 0.25) is 0 Å². The first-order chi connectivity index (χ1) is 16.2. The van der Waals surface area contributed by atoms with Crippen molar-refractivity contribution in [3.63, 3.8) is 0 Å². The van der Waals surface area contributed by atoms with Crippen LogP contribution in [0.1, 0.15) is 31.1 Å².